The van der Waals surface area contributed by atoms with Crippen LogP contribution >= 0.6 is 0 Å². The van der Waals surface area contributed by atoms with Crippen molar-refractivity contribution in [3.05, 3.63) is 55.2 Å². The van der Waals surface area contributed by atoms with Crippen molar-refractivity contribution < 1.29 is 0 Å². The minimum Gasteiger partial charge on any atom is -0.366 e. The van der Waals surface area contributed by atoms with Crippen LogP contribution in [0.4, 0.5) is 5.82 Å². The third-order valence-electron chi connectivity index (χ3n) is 7.02. The number of hydrogen-bond donors (Lipinski definition) is 1. The maximum atomic E-state index is 5.04. The monoisotopic (exact) mass is 425 g/mol. The highest BCUT2D eigenvalue weighted by Crippen LogP contribution is 2.46. The molecule has 2 fully saturated rings. The fourth-order valence-corrected chi connectivity index (χ4v) is 5.41. The van der Waals surface area contributed by atoms with Gasteiger partial charge in [-0.1, -0.05) is 24.6 Å². The zero-order valence-electron chi connectivity index (χ0n) is 18.4. The summed E-state index contributed by atoms with van der Waals surface area (Å²) >= 11 is 0. The molecule has 0 aliphatic heterocycles. The van der Waals surface area contributed by atoms with Crippen LogP contribution in [0.15, 0.2) is 55.2 Å². The SMILES string of the molecule is Cn1cc(-c2cccc(-c3ncc(-c4cnn(C)c4)c(NC4CC5CCC4C5)n3)c2)cn1. The zero-order chi connectivity index (χ0) is 21.7. The van der Waals surface area contributed by atoms with Gasteiger partial charge in [0, 0.05) is 61.0 Å². The molecule has 0 radical (unpaired) electrons. The molecule has 2 aliphatic rings. The van der Waals surface area contributed by atoms with Crippen molar-refractivity contribution >= 4 is 5.82 Å². The van der Waals surface area contributed by atoms with E-state index in [1.165, 1.54) is 25.7 Å². The quantitative estimate of drug-likeness (QED) is 0.508. The van der Waals surface area contributed by atoms with Crippen LogP contribution in [0, 0.1) is 11.8 Å². The number of fused-ring (bicyclic) bond motifs is 2. The number of nitrogens with one attached hydrogen (secondary N) is 1. The van der Waals surface area contributed by atoms with Gasteiger partial charge in [-0.25, -0.2) is 9.97 Å². The Morgan fingerprint density at radius 2 is 1.66 bits per heavy atom. The molecule has 162 valence electrons. The molecule has 32 heavy (non-hydrogen) atoms. The second-order valence-electron chi connectivity index (χ2n) is 9.27. The number of anilines is 1. The molecular formula is C25H27N7. The first-order valence-electron chi connectivity index (χ1n) is 11.3. The van der Waals surface area contributed by atoms with E-state index in [-0.39, 0.29) is 0 Å². The highest BCUT2D eigenvalue weighted by atomic mass is 15.2. The Labute approximate surface area is 187 Å². The van der Waals surface area contributed by atoms with Crippen LogP contribution in [-0.4, -0.2) is 35.6 Å². The fraction of sp³-hybridized carbons (Fsp3) is 0.360. The van der Waals surface area contributed by atoms with E-state index in [1.807, 2.05) is 54.4 Å². The van der Waals surface area contributed by atoms with Crippen molar-refractivity contribution in [2.45, 2.75) is 31.7 Å². The molecule has 1 N–H and O–H groups in total. The van der Waals surface area contributed by atoms with Gasteiger partial charge in [0.25, 0.3) is 0 Å². The third-order valence-corrected chi connectivity index (χ3v) is 7.02. The van der Waals surface area contributed by atoms with Crippen LogP contribution in [0.1, 0.15) is 25.7 Å². The molecule has 7 nitrogen and oxygen atoms in total. The average Bonchev–Trinajstić information content (AvgIpc) is 3.60. The molecule has 2 saturated carbocycles. The molecule has 3 heterocycles. The van der Waals surface area contributed by atoms with Gasteiger partial charge < -0.3 is 5.32 Å². The summed E-state index contributed by atoms with van der Waals surface area (Å²) in [6.07, 6.45) is 15.1. The Morgan fingerprint density at radius 1 is 0.875 bits per heavy atom. The van der Waals surface area contributed by atoms with Crippen molar-refractivity contribution in [1.82, 2.24) is 29.5 Å². The summed E-state index contributed by atoms with van der Waals surface area (Å²) in [4.78, 5) is 9.78. The van der Waals surface area contributed by atoms with Crippen molar-refractivity contribution in [3.8, 4) is 33.6 Å². The number of aromatic nitrogens is 6. The van der Waals surface area contributed by atoms with E-state index in [0.29, 0.717) is 6.04 Å². The number of nitrogens with zero attached hydrogens (tertiary/aromatic N) is 6. The van der Waals surface area contributed by atoms with Crippen LogP contribution < -0.4 is 5.32 Å². The Hall–Kier alpha value is -3.48. The van der Waals surface area contributed by atoms with Gasteiger partial charge in [0.15, 0.2) is 5.82 Å². The van der Waals surface area contributed by atoms with E-state index >= 15 is 0 Å². The Kier molecular flexibility index (Phi) is 4.56. The van der Waals surface area contributed by atoms with Gasteiger partial charge in [-0.2, -0.15) is 10.2 Å². The second kappa shape index (κ2) is 7.58. The van der Waals surface area contributed by atoms with Crippen LogP contribution in [0.3, 0.4) is 0 Å². The molecule has 2 bridgehead atoms. The molecule has 6 rings (SSSR count). The largest absolute Gasteiger partial charge is 0.366 e. The second-order valence-corrected chi connectivity index (χ2v) is 9.27. The van der Waals surface area contributed by atoms with Gasteiger partial charge in [0.05, 0.1) is 12.4 Å². The van der Waals surface area contributed by atoms with Crippen molar-refractivity contribution in [3.63, 3.8) is 0 Å². The highest BCUT2D eigenvalue weighted by Gasteiger charge is 2.39. The van der Waals surface area contributed by atoms with Crippen LogP contribution in [0.5, 0.6) is 0 Å². The Balaban J connectivity index is 1.38. The van der Waals surface area contributed by atoms with Crippen LogP contribution in [-0.2, 0) is 14.1 Å². The van der Waals surface area contributed by atoms with Crippen molar-refractivity contribution in [1.29, 1.82) is 0 Å². The minimum atomic E-state index is 0.494. The number of rotatable bonds is 5. The summed E-state index contributed by atoms with van der Waals surface area (Å²) in [7, 11) is 3.87. The van der Waals surface area contributed by atoms with E-state index in [0.717, 1.165) is 51.3 Å². The van der Waals surface area contributed by atoms with Crippen molar-refractivity contribution in [2.75, 3.05) is 5.32 Å². The van der Waals surface area contributed by atoms with Crippen LogP contribution in [0.25, 0.3) is 33.6 Å². The lowest BCUT2D eigenvalue weighted by atomic mass is 9.95. The summed E-state index contributed by atoms with van der Waals surface area (Å²) in [6.45, 7) is 0. The van der Waals surface area contributed by atoms with Crippen molar-refractivity contribution in [2.24, 2.45) is 25.9 Å². The smallest absolute Gasteiger partial charge is 0.161 e. The predicted molar refractivity (Wildman–Crippen MR) is 125 cm³/mol. The van der Waals surface area contributed by atoms with Crippen LogP contribution in [0.2, 0.25) is 0 Å². The summed E-state index contributed by atoms with van der Waals surface area (Å²) in [6, 6.07) is 8.85. The van der Waals surface area contributed by atoms with E-state index < -0.39 is 0 Å². The minimum absolute atomic E-state index is 0.494. The molecule has 7 heteroatoms. The first-order valence-corrected chi connectivity index (χ1v) is 11.3. The maximum absolute atomic E-state index is 5.04. The molecule has 4 aromatic rings. The van der Waals surface area contributed by atoms with Gasteiger partial charge in [0.1, 0.15) is 5.82 Å². The average molecular weight is 426 g/mol. The Morgan fingerprint density at radius 3 is 2.34 bits per heavy atom. The molecule has 0 saturated heterocycles. The molecule has 3 aromatic heterocycles. The summed E-state index contributed by atoms with van der Waals surface area (Å²) in [5, 5.41) is 12.5. The molecular weight excluding hydrogens is 398 g/mol. The summed E-state index contributed by atoms with van der Waals surface area (Å²) < 4.78 is 3.64. The lowest BCUT2D eigenvalue weighted by Gasteiger charge is -2.24. The van der Waals surface area contributed by atoms with E-state index in [2.05, 4.69) is 39.8 Å². The van der Waals surface area contributed by atoms with Gasteiger partial charge >= 0.3 is 0 Å². The normalized spacial score (nSPS) is 21.9. The molecule has 3 atom stereocenters. The highest BCUT2D eigenvalue weighted by molar-refractivity contribution is 5.76. The standard InChI is InChI=1S/C25H27N7/c1-31-14-20(11-27-31)17-4-3-5-19(10-17)24-26-13-22(21-12-28-32(2)15-21)25(30-24)29-23-9-16-6-7-18(23)8-16/h3-5,10-16,18,23H,6-9H2,1-2H3,(H,26,29,30). The summed E-state index contributed by atoms with van der Waals surface area (Å²) in [5.41, 5.74) is 5.24. The Bertz CT molecular complexity index is 1270. The van der Waals surface area contributed by atoms with Gasteiger partial charge in [-0.15, -0.1) is 0 Å². The fourth-order valence-electron chi connectivity index (χ4n) is 5.41. The maximum Gasteiger partial charge on any atom is 0.161 e. The molecule has 1 aromatic carbocycles. The first kappa shape index (κ1) is 19.2. The summed E-state index contributed by atoms with van der Waals surface area (Å²) in [5.74, 6) is 3.27. The topological polar surface area (TPSA) is 73.5 Å². The predicted octanol–water partition coefficient (Wildman–Crippen LogP) is 4.55. The number of aryl methyl sites for hydroxylation is 2. The zero-order valence-corrected chi connectivity index (χ0v) is 18.4. The van der Waals surface area contributed by atoms with E-state index in [4.69, 9.17) is 9.97 Å². The third kappa shape index (κ3) is 3.47. The lowest BCUT2D eigenvalue weighted by molar-refractivity contribution is 0.439. The van der Waals surface area contributed by atoms with Gasteiger partial charge in [0.2, 0.25) is 0 Å². The van der Waals surface area contributed by atoms with Gasteiger partial charge in [-0.05, 0) is 42.7 Å². The van der Waals surface area contributed by atoms with Gasteiger partial charge in [-0.3, -0.25) is 9.36 Å². The van der Waals surface area contributed by atoms with E-state index in [1.54, 1.807) is 0 Å². The molecule has 3 unspecified atom stereocenters. The lowest BCUT2D eigenvalue weighted by Crippen LogP contribution is -2.26. The molecule has 0 spiro atoms. The molecule has 2 aliphatic carbocycles. The molecule has 0 amide bonds. The van der Waals surface area contributed by atoms with E-state index in [9.17, 15) is 0 Å². The first-order chi connectivity index (χ1) is 15.6. The number of hydrogen-bond acceptors (Lipinski definition) is 5. The number of benzene rings is 1.